The standard InChI is InChI=1S/C6H15NO3/c1-4(7-10)5(8)6(2,3)9/h4-5,7-10H,1-3H3. The van der Waals surface area contributed by atoms with Crippen LogP contribution in [0.1, 0.15) is 20.8 Å². The lowest BCUT2D eigenvalue weighted by atomic mass is 9.97. The van der Waals surface area contributed by atoms with Gasteiger partial charge in [-0.15, -0.1) is 0 Å². The molecular formula is C6H15NO3. The van der Waals surface area contributed by atoms with Crippen molar-refractivity contribution < 1.29 is 15.4 Å². The molecule has 0 saturated heterocycles. The van der Waals surface area contributed by atoms with Crippen LogP contribution in [0.5, 0.6) is 0 Å². The molecule has 2 atom stereocenters. The van der Waals surface area contributed by atoms with Gasteiger partial charge in [0, 0.05) is 0 Å². The van der Waals surface area contributed by atoms with Crippen molar-refractivity contribution in [3.8, 4) is 0 Å². The molecule has 0 spiro atoms. The number of rotatable bonds is 3. The van der Waals surface area contributed by atoms with Crippen molar-refractivity contribution in [3.63, 3.8) is 0 Å². The van der Waals surface area contributed by atoms with E-state index in [9.17, 15) is 10.2 Å². The van der Waals surface area contributed by atoms with Gasteiger partial charge < -0.3 is 15.4 Å². The van der Waals surface area contributed by atoms with Crippen LogP contribution >= 0.6 is 0 Å². The molecule has 0 fully saturated rings. The van der Waals surface area contributed by atoms with Crippen molar-refractivity contribution in [2.75, 3.05) is 0 Å². The Morgan fingerprint density at radius 1 is 1.40 bits per heavy atom. The van der Waals surface area contributed by atoms with Crippen LogP contribution in [-0.4, -0.2) is 33.2 Å². The van der Waals surface area contributed by atoms with Gasteiger partial charge in [-0.05, 0) is 20.8 Å². The van der Waals surface area contributed by atoms with Crippen LogP contribution in [0.4, 0.5) is 0 Å². The molecule has 2 unspecified atom stereocenters. The molecule has 0 radical (unpaired) electrons. The maximum atomic E-state index is 9.19. The molecule has 0 saturated carbocycles. The molecule has 0 aliphatic rings. The summed E-state index contributed by atoms with van der Waals surface area (Å²) in [6.45, 7) is 4.53. The van der Waals surface area contributed by atoms with Crippen molar-refractivity contribution >= 4 is 0 Å². The first-order chi connectivity index (χ1) is 4.39. The van der Waals surface area contributed by atoms with Crippen LogP contribution in [0.25, 0.3) is 0 Å². The number of hydrogen-bond donors (Lipinski definition) is 4. The van der Waals surface area contributed by atoms with Crippen molar-refractivity contribution in [2.24, 2.45) is 0 Å². The Hall–Kier alpha value is -0.160. The third-order valence-corrected chi connectivity index (χ3v) is 1.40. The average molecular weight is 149 g/mol. The molecule has 0 aromatic carbocycles. The zero-order chi connectivity index (χ0) is 8.36. The highest BCUT2D eigenvalue weighted by Crippen LogP contribution is 2.10. The summed E-state index contributed by atoms with van der Waals surface area (Å²) in [6, 6.07) is -0.528. The Bertz CT molecular complexity index is 99.7. The van der Waals surface area contributed by atoms with Gasteiger partial charge in [0.15, 0.2) is 0 Å². The highest BCUT2D eigenvalue weighted by molar-refractivity contribution is 4.82. The molecule has 0 aromatic rings. The van der Waals surface area contributed by atoms with Crippen LogP contribution in [0, 0.1) is 0 Å². The van der Waals surface area contributed by atoms with Crippen molar-refractivity contribution in [1.29, 1.82) is 0 Å². The second-order valence-corrected chi connectivity index (χ2v) is 3.02. The Morgan fingerprint density at radius 2 is 1.80 bits per heavy atom. The molecule has 0 amide bonds. The largest absolute Gasteiger partial charge is 0.388 e. The molecular weight excluding hydrogens is 134 g/mol. The Balaban J connectivity index is 3.94. The van der Waals surface area contributed by atoms with Crippen molar-refractivity contribution in [2.45, 2.75) is 38.5 Å². The van der Waals surface area contributed by atoms with E-state index >= 15 is 0 Å². The van der Waals surface area contributed by atoms with Gasteiger partial charge in [-0.3, -0.25) is 0 Å². The lowest BCUT2D eigenvalue weighted by Gasteiger charge is -2.28. The van der Waals surface area contributed by atoms with E-state index in [0.29, 0.717) is 0 Å². The van der Waals surface area contributed by atoms with Gasteiger partial charge in [0.25, 0.3) is 0 Å². The second-order valence-electron chi connectivity index (χ2n) is 3.02. The lowest BCUT2D eigenvalue weighted by Crippen LogP contribution is -2.48. The first-order valence-electron chi connectivity index (χ1n) is 3.19. The van der Waals surface area contributed by atoms with Crippen LogP contribution in [0.2, 0.25) is 0 Å². The summed E-state index contributed by atoms with van der Waals surface area (Å²) in [6.07, 6.45) is -0.975. The zero-order valence-corrected chi connectivity index (χ0v) is 6.50. The normalized spacial score (nSPS) is 18.6. The van der Waals surface area contributed by atoms with Crippen molar-refractivity contribution in [1.82, 2.24) is 5.48 Å². The van der Waals surface area contributed by atoms with Gasteiger partial charge in [-0.25, -0.2) is 5.48 Å². The Morgan fingerprint density at radius 3 is 1.90 bits per heavy atom. The van der Waals surface area contributed by atoms with E-state index in [4.69, 9.17) is 5.21 Å². The zero-order valence-electron chi connectivity index (χ0n) is 6.50. The summed E-state index contributed by atoms with van der Waals surface area (Å²) >= 11 is 0. The molecule has 0 aliphatic carbocycles. The maximum Gasteiger partial charge on any atom is 0.0994 e. The van der Waals surface area contributed by atoms with Gasteiger partial charge in [0.1, 0.15) is 0 Å². The second kappa shape index (κ2) is 3.30. The highest BCUT2D eigenvalue weighted by Gasteiger charge is 2.29. The predicted molar refractivity (Wildman–Crippen MR) is 36.7 cm³/mol. The van der Waals surface area contributed by atoms with E-state index in [-0.39, 0.29) is 0 Å². The quantitative estimate of drug-likeness (QED) is 0.408. The summed E-state index contributed by atoms with van der Waals surface area (Å²) in [4.78, 5) is 0. The third-order valence-electron chi connectivity index (χ3n) is 1.40. The fraction of sp³-hybridized carbons (Fsp3) is 1.00. The topological polar surface area (TPSA) is 72.7 Å². The number of aliphatic hydroxyl groups excluding tert-OH is 1. The summed E-state index contributed by atoms with van der Waals surface area (Å²) in [7, 11) is 0. The van der Waals surface area contributed by atoms with E-state index < -0.39 is 17.7 Å². The van der Waals surface area contributed by atoms with Crippen LogP contribution in [-0.2, 0) is 0 Å². The van der Waals surface area contributed by atoms with Crippen molar-refractivity contribution in [3.05, 3.63) is 0 Å². The fourth-order valence-corrected chi connectivity index (χ4v) is 0.682. The van der Waals surface area contributed by atoms with Crippen LogP contribution in [0.15, 0.2) is 0 Å². The predicted octanol–water partition coefficient (Wildman–Crippen LogP) is -0.515. The lowest BCUT2D eigenvalue weighted by molar-refractivity contribution is -0.0815. The minimum absolute atomic E-state index is 0.528. The van der Waals surface area contributed by atoms with E-state index in [1.54, 1.807) is 6.92 Å². The molecule has 0 aliphatic heterocycles. The van der Waals surface area contributed by atoms with Gasteiger partial charge in [0.05, 0.1) is 17.7 Å². The minimum atomic E-state index is -1.19. The number of nitrogens with one attached hydrogen (secondary N) is 1. The Labute approximate surface area is 60.5 Å². The fourth-order valence-electron chi connectivity index (χ4n) is 0.682. The molecule has 0 heterocycles. The number of hydrogen-bond acceptors (Lipinski definition) is 4. The smallest absolute Gasteiger partial charge is 0.0994 e. The van der Waals surface area contributed by atoms with Gasteiger partial charge in [-0.2, -0.15) is 0 Å². The molecule has 4 nitrogen and oxygen atoms in total. The summed E-state index contributed by atoms with van der Waals surface area (Å²) in [5.74, 6) is 0. The third kappa shape index (κ3) is 2.62. The van der Waals surface area contributed by atoms with Crippen LogP contribution < -0.4 is 5.48 Å². The van der Waals surface area contributed by atoms with Gasteiger partial charge in [0.2, 0.25) is 0 Å². The van der Waals surface area contributed by atoms with E-state index in [1.165, 1.54) is 13.8 Å². The number of hydroxylamine groups is 1. The molecule has 0 rings (SSSR count). The monoisotopic (exact) mass is 149 g/mol. The highest BCUT2D eigenvalue weighted by atomic mass is 16.5. The first kappa shape index (κ1) is 9.84. The Kier molecular flexibility index (Phi) is 3.24. The molecule has 62 valence electrons. The first-order valence-corrected chi connectivity index (χ1v) is 3.19. The molecule has 0 bridgehead atoms. The maximum absolute atomic E-state index is 9.19. The van der Waals surface area contributed by atoms with E-state index in [0.717, 1.165) is 0 Å². The molecule has 10 heavy (non-hydrogen) atoms. The van der Waals surface area contributed by atoms with Gasteiger partial charge in [-0.1, -0.05) is 0 Å². The van der Waals surface area contributed by atoms with Crippen LogP contribution in [0.3, 0.4) is 0 Å². The van der Waals surface area contributed by atoms with E-state index in [1.807, 2.05) is 5.48 Å². The molecule has 4 heteroatoms. The summed E-state index contributed by atoms with van der Waals surface area (Å²) in [5.41, 5.74) is 0.676. The van der Waals surface area contributed by atoms with Gasteiger partial charge >= 0.3 is 0 Å². The molecule has 4 N–H and O–H groups in total. The molecule has 0 aromatic heterocycles. The minimum Gasteiger partial charge on any atom is -0.388 e. The summed E-state index contributed by atoms with van der Waals surface area (Å²) in [5, 5.41) is 26.7. The number of aliphatic hydroxyl groups is 2. The SMILES string of the molecule is CC(NO)C(O)C(C)(C)O. The van der Waals surface area contributed by atoms with E-state index in [2.05, 4.69) is 0 Å². The summed E-state index contributed by atoms with van der Waals surface area (Å²) < 4.78 is 0. The average Bonchev–Trinajstić information content (AvgIpc) is 1.83.